The average Bonchev–Trinajstić information content (AvgIpc) is 2.55. The Morgan fingerprint density at radius 3 is 2.64 bits per heavy atom. The fraction of sp³-hybridized carbons (Fsp3) is 0.0667. The molecule has 0 aliphatic rings. The second kappa shape index (κ2) is 8.66. The van der Waals surface area contributed by atoms with Gasteiger partial charge in [0.15, 0.2) is 6.61 Å². The van der Waals surface area contributed by atoms with Crippen molar-refractivity contribution in [3.05, 3.63) is 67.1 Å². The van der Waals surface area contributed by atoms with Crippen molar-refractivity contribution < 1.29 is 14.5 Å². The zero-order chi connectivity index (χ0) is 18.4. The van der Waals surface area contributed by atoms with E-state index in [1.165, 1.54) is 12.3 Å². The average molecular weight is 403 g/mol. The first-order valence-corrected chi connectivity index (χ1v) is 7.84. The molecule has 0 radical (unpaired) electrons. The van der Waals surface area contributed by atoms with Gasteiger partial charge >= 0.3 is 5.69 Å². The van der Waals surface area contributed by atoms with Crippen molar-refractivity contribution in [2.75, 3.05) is 6.61 Å². The Morgan fingerprint density at radius 2 is 1.96 bits per heavy atom. The van der Waals surface area contributed by atoms with Gasteiger partial charge in [-0.15, -0.1) is 0 Å². The maximum atomic E-state index is 11.7. The maximum Gasteiger partial charge on any atom is 0.314 e. The Hall–Kier alpha value is -2.35. The van der Waals surface area contributed by atoms with E-state index in [1.807, 2.05) is 0 Å². The molecular weight excluding hydrogens is 393 g/mol. The van der Waals surface area contributed by atoms with E-state index in [0.717, 1.165) is 6.07 Å². The molecule has 7 nitrogen and oxygen atoms in total. The standard InChI is InChI=1S/C15H10Cl3N3O4/c16-10-5-12(18)15(13(6-10)21(23)24)25-8-14(22)20-19-7-9-3-1-2-4-11(9)17/h1-7H,8H2,(H,20,22)/b19-7-. The van der Waals surface area contributed by atoms with E-state index < -0.39 is 23.1 Å². The largest absolute Gasteiger partial charge is 0.476 e. The van der Waals surface area contributed by atoms with E-state index in [4.69, 9.17) is 39.5 Å². The highest BCUT2D eigenvalue weighted by Gasteiger charge is 2.21. The number of hydrogen-bond acceptors (Lipinski definition) is 5. The first-order chi connectivity index (χ1) is 11.9. The number of nitro groups is 1. The first-order valence-electron chi connectivity index (χ1n) is 6.71. The third-order valence-electron chi connectivity index (χ3n) is 2.83. The van der Waals surface area contributed by atoms with Gasteiger partial charge < -0.3 is 4.74 Å². The molecule has 10 heteroatoms. The van der Waals surface area contributed by atoms with Crippen molar-refractivity contribution in [2.24, 2.45) is 5.10 Å². The van der Waals surface area contributed by atoms with Crippen LogP contribution in [0.3, 0.4) is 0 Å². The summed E-state index contributed by atoms with van der Waals surface area (Å²) in [6, 6.07) is 9.27. The van der Waals surface area contributed by atoms with Gasteiger partial charge in [0, 0.05) is 21.7 Å². The molecule has 0 aliphatic heterocycles. The molecule has 0 aromatic heterocycles. The molecule has 0 saturated carbocycles. The number of carbonyl (C=O) groups is 1. The zero-order valence-electron chi connectivity index (χ0n) is 12.4. The normalized spacial score (nSPS) is 10.7. The molecule has 2 rings (SSSR count). The van der Waals surface area contributed by atoms with Gasteiger partial charge in [0.25, 0.3) is 5.91 Å². The van der Waals surface area contributed by atoms with E-state index in [0.29, 0.717) is 10.6 Å². The smallest absolute Gasteiger partial charge is 0.314 e. The van der Waals surface area contributed by atoms with Gasteiger partial charge in [-0.3, -0.25) is 14.9 Å². The van der Waals surface area contributed by atoms with Crippen LogP contribution in [0.5, 0.6) is 5.75 Å². The SMILES string of the molecule is O=C(COc1c(Cl)cc(Cl)cc1[N+](=O)[O-])N/N=C\c1ccccc1Cl. The summed E-state index contributed by atoms with van der Waals surface area (Å²) in [6.07, 6.45) is 1.36. The van der Waals surface area contributed by atoms with Crippen molar-refractivity contribution in [1.29, 1.82) is 0 Å². The van der Waals surface area contributed by atoms with Crippen LogP contribution in [-0.4, -0.2) is 23.7 Å². The van der Waals surface area contributed by atoms with Crippen LogP contribution in [0.15, 0.2) is 41.5 Å². The van der Waals surface area contributed by atoms with Crippen molar-refractivity contribution in [3.8, 4) is 5.75 Å². The Balaban J connectivity index is 1.99. The number of hydrogen-bond donors (Lipinski definition) is 1. The minimum Gasteiger partial charge on any atom is -0.476 e. The van der Waals surface area contributed by atoms with Crippen LogP contribution < -0.4 is 10.2 Å². The molecule has 0 saturated heterocycles. The third-order valence-corrected chi connectivity index (χ3v) is 3.67. The number of ether oxygens (including phenoxy) is 1. The Morgan fingerprint density at radius 1 is 1.24 bits per heavy atom. The summed E-state index contributed by atoms with van der Waals surface area (Å²) in [4.78, 5) is 22.0. The fourth-order valence-corrected chi connectivity index (χ4v) is 2.47. The number of nitrogens with zero attached hydrogens (tertiary/aromatic N) is 2. The van der Waals surface area contributed by atoms with Gasteiger partial charge in [-0.1, -0.05) is 53.0 Å². The van der Waals surface area contributed by atoms with Gasteiger partial charge in [-0.25, -0.2) is 5.43 Å². The predicted molar refractivity (Wildman–Crippen MR) is 95.8 cm³/mol. The van der Waals surface area contributed by atoms with Crippen LogP contribution >= 0.6 is 34.8 Å². The van der Waals surface area contributed by atoms with Crippen molar-refractivity contribution in [2.45, 2.75) is 0 Å². The topological polar surface area (TPSA) is 93.8 Å². The van der Waals surface area contributed by atoms with E-state index in [-0.39, 0.29) is 15.8 Å². The number of carbonyl (C=O) groups excluding carboxylic acids is 1. The number of nitro benzene ring substituents is 1. The zero-order valence-corrected chi connectivity index (χ0v) is 14.7. The summed E-state index contributed by atoms with van der Waals surface area (Å²) in [5.74, 6) is -0.884. The van der Waals surface area contributed by atoms with Crippen LogP contribution in [0.25, 0.3) is 0 Å². The molecule has 0 unspecified atom stereocenters. The number of rotatable bonds is 6. The summed E-state index contributed by atoms with van der Waals surface area (Å²) in [7, 11) is 0. The molecule has 0 atom stereocenters. The van der Waals surface area contributed by atoms with E-state index in [2.05, 4.69) is 10.5 Å². The lowest BCUT2D eigenvalue weighted by Gasteiger charge is -2.08. The number of benzene rings is 2. The van der Waals surface area contributed by atoms with Gasteiger partial charge in [-0.05, 0) is 12.1 Å². The summed E-state index contributed by atoms with van der Waals surface area (Å²) in [5.41, 5.74) is 2.39. The highest BCUT2D eigenvalue weighted by atomic mass is 35.5. The maximum absolute atomic E-state index is 11.7. The van der Waals surface area contributed by atoms with Gasteiger partial charge in [-0.2, -0.15) is 5.10 Å². The molecular formula is C15H10Cl3N3O4. The molecule has 25 heavy (non-hydrogen) atoms. The van der Waals surface area contributed by atoms with Crippen LogP contribution in [0.2, 0.25) is 15.1 Å². The quantitative estimate of drug-likeness (QED) is 0.447. The van der Waals surface area contributed by atoms with Gasteiger partial charge in [0.2, 0.25) is 5.75 Å². The first kappa shape index (κ1) is 19.0. The molecule has 130 valence electrons. The molecule has 0 aliphatic carbocycles. The van der Waals surface area contributed by atoms with E-state index in [1.54, 1.807) is 24.3 Å². The second-order valence-electron chi connectivity index (χ2n) is 4.60. The van der Waals surface area contributed by atoms with E-state index >= 15 is 0 Å². The minimum absolute atomic E-state index is 0.0773. The molecule has 2 aromatic rings. The number of amides is 1. The molecule has 0 spiro atoms. The summed E-state index contributed by atoms with van der Waals surface area (Å²) < 4.78 is 5.13. The minimum atomic E-state index is -0.708. The van der Waals surface area contributed by atoms with Crippen molar-refractivity contribution in [3.63, 3.8) is 0 Å². The summed E-state index contributed by atoms with van der Waals surface area (Å²) in [5, 5.41) is 15.2. The van der Waals surface area contributed by atoms with E-state index in [9.17, 15) is 14.9 Å². The number of halogens is 3. The van der Waals surface area contributed by atoms with Crippen LogP contribution in [0.1, 0.15) is 5.56 Å². The lowest BCUT2D eigenvalue weighted by molar-refractivity contribution is -0.385. The Labute approximate surface area is 157 Å². The summed E-state index contributed by atoms with van der Waals surface area (Å²) >= 11 is 17.5. The fourth-order valence-electron chi connectivity index (χ4n) is 1.75. The van der Waals surface area contributed by atoms with Crippen molar-refractivity contribution >= 4 is 52.6 Å². The lowest BCUT2D eigenvalue weighted by atomic mass is 10.2. The monoisotopic (exact) mass is 401 g/mol. The number of nitrogens with one attached hydrogen (secondary N) is 1. The summed E-state index contributed by atoms with van der Waals surface area (Å²) in [6.45, 7) is -0.526. The molecule has 1 amide bonds. The molecule has 1 N–H and O–H groups in total. The molecule has 0 heterocycles. The molecule has 0 bridgehead atoms. The Bertz CT molecular complexity index is 843. The lowest BCUT2D eigenvalue weighted by Crippen LogP contribution is -2.24. The highest BCUT2D eigenvalue weighted by Crippen LogP contribution is 2.37. The predicted octanol–water partition coefficient (Wildman–Crippen LogP) is 4.08. The molecule has 2 aromatic carbocycles. The third kappa shape index (κ3) is 5.32. The highest BCUT2D eigenvalue weighted by molar-refractivity contribution is 6.36. The number of hydrazone groups is 1. The van der Waals surface area contributed by atoms with Crippen LogP contribution in [0.4, 0.5) is 5.69 Å². The van der Waals surface area contributed by atoms with Crippen molar-refractivity contribution in [1.82, 2.24) is 5.43 Å². The van der Waals surface area contributed by atoms with Gasteiger partial charge in [0.05, 0.1) is 16.2 Å². The van der Waals surface area contributed by atoms with Gasteiger partial charge in [0.1, 0.15) is 0 Å². The van der Waals surface area contributed by atoms with Crippen LogP contribution in [-0.2, 0) is 4.79 Å². The molecule has 0 fully saturated rings. The Kier molecular flexibility index (Phi) is 6.58. The second-order valence-corrected chi connectivity index (χ2v) is 5.85. The van der Waals surface area contributed by atoms with Crippen LogP contribution in [0, 0.1) is 10.1 Å².